The summed E-state index contributed by atoms with van der Waals surface area (Å²) in [5, 5.41) is 5.74. The Hall–Kier alpha value is -5.24. The fourth-order valence-electron chi connectivity index (χ4n) is 4.27. The molecule has 0 atom stereocenters. The predicted molar refractivity (Wildman–Crippen MR) is 169 cm³/mol. The van der Waals surface area contributed by atoms with E-state index in [9.17, 15) is 9.59 Å². The second-order valence-corrected chi connectivity index (χ2v) is 9.48. The molecule has 0 saturated carbocycles. The lowest BCUT2D eigenvalue weighted by Crippen LogP contribution is -2.14. The summed E-state index contributed by atoms with van der Waals surface area (Å²) in [6.07, 6.45) is 3.10. The Labute approximate surface area is 252 Å². The molecule has 222 valence electrons. The van der Waals surface area contributed by atoms with Crippen molar-refractivity contribution in [1.29, 1.82) is 0 Å². The van der Waals surface area contributed by atoms with E-state index in [2.05, 4.69) is 10.6 Å². The van der Waals surface area contributed by atoms with Gasteiger partial charge in [0.05, 0.1) is 31.7 Å². The van der Waals surface area contributed by atoms with Crippen LogP contribution in [0.5, 0.6) is 23.0 Å². The number of methoxy groups -OCH3 is 1. The van der Waals surface area contributed by atoms with Crippen molar-refractivity contribution >= 4 is 29.3 Å². The van der Waals surface area contributed by atoms with Gasteiger partial charge in [-0.15, -0.1) is 0 Å². The quantitative estimate of drug-likeness (QED) is 0.161. The summed E-state index contributed by atoms with van der Waals surface area (Å²) in [6, 6.07) is 25.7. The second-order valence-electron chi connectivity index (χ2n) is 9.48. The van der Waals surface area contributed by atoms with Crippen molar-refractivity contribution < 1.29 is 28.5 Å². The molecule has 2 N–H and O–H groups in total. The van der Waals surface area contributed by atoms with Crippen LogP contribution in [0.15, 0.2) is 91.0 Å². The zero-order chi connectivity index (χ0) is 30.6. The monoisotopic (exact) mass is 580 g/mol. The summed E-state index contributed by atoms with van der Waals surface area (Å²) < 4.78 is 23.1. The molecule has 0 fully saturated rings. The largest absolute Gasteiger partial charge is 0.493 e. The van der Waals surface area contributed by atoms with Crippen LogP contribution < -0.4 is 29.6 Å². The van der Waals surface area contributed by atoms with Crippen molar-refractivity contribution in [1.82, 2.24) is 0 Å². The molecule has 4 rings (SSSR count). The van der Waals surface area contributed by atoms with Crippen LogP contribution in [0.3, 0.4) is 0 Å². The molecular formula is C35H36N2O6. The average molecular weight is 581 g/mol. The summed E-state index contributed by atoms with van der Waals surface area (Å²) >= 11 is 0. The molecule has 0 aliphatic carbocycles. The number of benzene rings is 4. The van der Waals surface area contributed by atoms with E-state index in [1.54, 1.807) is 55.7 Å². The van der Waals surface area contributed by atoms with E-state index in [4.69, 9.17) is 18.9 Å². The molecule has 0 aliphatic heterocycles. The van der Waals surface area contributed by atoms with Gasteiger partial charge in [0.2, 0.25) is 5.91 Å². The van der Waals surface area contributed by atoms with E-state index in [0.717, 1.165) is 16.7 Å². The van der Waals surface area contributed by atoms with E-state index >= 15 is 0 Å². The van der Waals surface area contributed by atoms with Crippen molar-refractivity contribution in [3.63, 3.8) is 0 Å². The van der Waals surface area contributed by atoms with Crippen LogP contribution in [-0.2, 0) is 11.4 Å². The number of carbonyl (C=O) groups excluding carboxylic acids is 2. The number of nitrogens with one attached hydrogen (secondary N) is 2. The second kappa shape index (κ2) is 15.1. The molecule has 0 spiro atoms. The topological polar surface area (TPSA) is 95.1 Å². The predicted octanol–water partition coefficient (Wildman–Crippen LogP) is 7.28. The molecule has 0 unspecified atom stereocenters. The molecule has 4 aromatic carbocycles. The highest BCUT2D eigenvalue weighted by molar-refractivity contribution is 6.06. The SMILES string of the molecule is CCOc1cc(NC(=O)c2ccccc2)c(OCC)cc1NC(=O)/C=C/c1ccc(OCc2ccccc2C)c(OC)c1. The molecule has 0 saturated heterocycles. The minimum Gasteiger partial charge on any atom is -0.493 e. The van der Waals surface area contributed by atoms with Crippen molar-refractivity contribution in [2.24, 2.45) is 0 Å². The van der Waals surface area contributed by atoms with Crippen molar-refractivity contribution in [3.05, 3.63) is 113 Å². The number of ether oxygens (including phenoxy) is 4. The summed E-state index contributed by atoms with van der Waals surface area (Å²) in [4.78, 5) is 25.8. The first-order chi connectivity index (χ1) is 20.9. The van der Waals surface area contributed by atoms with Gasteiger partial charge in [-0.3, -0.25) is 9.59 Å². The van der Waals surface area contributed by atoms with Crippen LogP contribution in [0.4, 0.5) is 11.4 Å². The number of hydrogen-bond donors (Lipinski definition) is 2. The van der Waals surface area contributed by atoms with Crippen molar-refractivity contribution in [3.8, 4) is 23.0 Å². The lowest BCUT2D eigenvalue weighted by Gasteiger charge is -2.17. The van der Waals surface area contributed by atoms with Gasteiger partial charge in [0.25, 0.3) is 5.91 Å². The third-order valence-electron chi connectivity index (χ3n) is 6.48. The van der Waals surface area contributed by atoms with Gasteiger partial charge in [0, 0.05) is 23.8 Å². The number of hydrogen-bond acceptors (Lipinski definition) is 6. The Morgan fingerprint density at radius 2 is 1.37 bits per heavy atom. The molecule has 4 aromatic rings. The number of amides is 2. The molecule has 0 bridgehead atoms. The number of anilines is 2. The zero-order valence-corrected chi connectivity index (χ0v) is 24.8. The summed E-state index contributed by atoms with van der Waals surface area (Å²) in [7, 11) is 1.58. The van der Waals surface area contributed by atoms with E-state index in [1.165, 1.54) is 6.08 Å². The van der Waals surface area contributed by atoms with Gasteiger partial charge in [-0.1, -0.05) is 48.5 Å². The van der Waals surface area contributed by atoms with Gasteiger partial charge in [0.1, 0.15) is 18.1 Å². The fraction of sp³-hybridized carbons (Fsp3) is 0.200. The maximum Gasteiger partial charge on any atom is 0.255 e. The average Bonchev–Trinajstić information content (AvgIpc) is 3.02. The van der Waals surface area contributed by atoms with Crippen LogP contribution in [0.2, 0.25) is 0 Å². The Morgan fingerprint density at radius 3 is 2.02 bits per heavy atom. The lowest BCUT2D eigenvalue weighted by atomic mass is 10.1. The van der Waals surface area contributed by atoms with Crippen molar-refractivity contribution in [2.45, 2.75) is 27.4 Å². The maximum absolute atomic E-state index is 13.0. The first kappa shape index (κ1) is 30.7. The molecular weight excluding hydrogens is 544 g/mol. The van der Waals surface area contributed by atoms with Crippen LogP contribution in [0.1, 0.15) is 40.9 Å². The van der Waals surface area contributed by atoms with Gasteiger partial charge in [-0.25, -0.2) is 0 Å². The number of aryl methyl sites for hydroxylation is 1. The molecule has 0 radical (unpaired) electrons. The molecule has 43 heavy (non-hydrogen) atoms. The Morgan fingerprint density at radius 1 is 0.721 bits per heavy atom. The standard InChI is InChI=1S/C35H36N2O6/c1-5-41-31-22-29(37-35(39)26-13-8-7-9-14-26)32(42-6-2)21-28(31)36-34(38)19-17-25-16-18-30(33(20-25)40-4)43-23-27-15-11-10-12-24(27)3/h7-22H,5-6,23H2,1-4H3,(H,36,38)(H,37,39)/b19-17+. The highest BCUT2D eigenvalue weighted by Gasteiger charge is 2.16. The molecule has 0 aromatic heterocycles. The lowest BCUT2D eigenvalue weighted by molar-refractivity contribution is -0.111. The van der Waals surface area contributed by atoms with Crippen molar-refractivity contribution in [2.75, 3.05) is 31.0 Å². The third-order valence-corrected chi connectivity index (χ3v) is 6.48. The van der Waals surface area contributed by atoms with Gasteiger partial charge in [-0.05, 0) is 67.8 Å². The first-order valence-corrected chi connectivity index (χ1v) is 14.1. The summed E-state index contributed by atoms with van der Waals surface area (Å²) in [5.74, 6) is 1.31. The van der Waals surface area contributed by atoms with Crippen LogP contribution in [0.25, 0.3) is 6.08 Å². The summed E-state index contributed by atoms with van der Waals surface area (Å²) in [5.41, 5.74) is 4.36. The minimum atomic E-state index is -0.372. The number of carbonyl (C=O) groups is 2. The van der Waals surface area contributed by atoms with Gasteiger partial charge in [-0.2, -0.15) is 0 Å². The smallest absolute Gasteiger partial charge is 0.255 e. The van der Waals surface area contributed by atoms with E-state index in [1.807, 2.05) is 63.2 Å². The van der Waals surface area contributed by atoms with Gasteiger partial charge < -0.3 is 29.6 Å². The van der Waals surface area contributed by atoms with E-state index in [-0.39, 0.29) is 11.8 Å². The molecule has 8 heteroatoms. The highest BCUT2D eigenvalue weighted by Crippen LogP contribution is 2.37. The summed E-state index contributed by atoms with van der Waals surface area (Å²) in [6.45, 7) is 6.86. The molecule has 0 aliphatic rings. The zero-order valence-electron chi connectivity index (χ0n) is 24.8. The third kappa shape index (κ3) is 8.39. The highest BCUT2D eigenvalue weighted by atomic mass is 16.5. The minimum absolute atomic E-state index is 0.286. The van der Waals surface area contributed by atoms with Gasteiger partial charge in [0.15, 0.2) is 11.5 Å². The number of rotatable bonds is 13. The first-order valence-electron chi connectivity index (χ1n) is 14.1. The van der Waals surface area contributed by atoms with Gasteiger partial charge >= 0.3 is 0 Å². The Bertz CT molecular complexity index is 1580. The van der Waals surface area contributed by atoms with Crippen LogP contribution >= 0.6 is 0 Å². The van der Waals surface area contributed by atoms with E-state index in [0.29, 0.717) is 59.8 Å². The van der Waals surface area contributed by atoms with Crippen LogP contribution in [-0.4, -0.2) is 32.1 Å². The van der Waals surface area contributed by atoms with E-state index < -0.39 is 0 Å². The Balaban J connectivity index is 1.48. The maximum atomic E-state index is 13.0. The molecule has 2 amide bonds. The normalized spacial score (nSPS) is 10.7. The Kier molecular flexibility index (Phi) is 10.8. The van der Waals surface area contributed by atoms with Crippen LogP contribution in [0, 0.1) is 6.92 Å². The molecule has 8 nitrogen and oxygen atoms in total. The fourth-order valence-corrected chi connectivity index (χ4v) is 4.27. The molecule has 0 heterocycles.